The van der Waals surface area contributed by atoms with E-state index in [0.717, 1.165) is 11.3 Å². The molecule has 0 saturated carbocycles. The van der Waals surface area contributed by atoms with Gasteiger partial charge >= 0.3 is 0 Å². The lowest BCUT2D eigenvalue weighted by molar-refractivity contribution is -0.113. The first kappa shape index (κ1) is 18.2. The molecule has 0 saturated heterocycles. The fraction of sp³-hybridized carbons (Fsp3) is 0.118. The lowest BCUT2D eigenvalue weighted by atomic mass is 10.1. The molecule has 7 nitrogen and oxygen atoms in total. The van der Waals surface area contributed by atoms with Gasteiger partial charge in [0.05, 0.1) is 16.9 Å². The molecule has 0 aliphatic carbocycles. The average Bonchev–Trinajstić information content (AvgIpc) is 2.94. The zero-order chi connectivity index (χ0) is 18.7. The first-order valence-corrected chi connectivity index (χ1v) is 9.96. The van der Waals surface area contributed by atoms with E-state index in [2.05, 4.69) is 10.6 Å². The number of amides is 1. The van der Waals surface area contributed by atoms with E-state index in [1.807, 2.05) is 24.3 Å². The van der Waals surface area contributed by atoms with Gasteiger partial charge in [0.25, 0.3) is 5.91 Å². The number of hydrogen-bond donors (Lipinski definition) is 3. The van der Waals surface area contributed by atoms with Crippen molar-refractivity contribution >= 4 is 42.5 Å². The maximum Gasteiger partial charge on any atom is 0.263 e. The topological polar surface area (TPSA) is 111 Å². The summed E-state index contributed by atoms with van der Waals surface area (Å²) in [6, 6.07) is 13.5. The normalized spacial score (nSPS) is 14.0. The standard InChI is InChI=1S/C17H17N3O4S2/c1-24-13-6-2-11(3-7-13)10-15-16(21)20-17(25-15)19-12-4-8-14(9-5-12)26(18,22)23/h2-9,19H,10H2,1H3,(H,20,21)(H2,18,22,23). The van der Waals surface area contributed by atoms with Gasteiger partial charge in [-0.1, -0.05) is 23.1 Å². The number of primary sulfonamides is 1. The summed E-state index contributed by atoms with van der Waals surface area (Å²) in [5.41, 5.74) is 1.65. The third-order valence-corrected chi connectivity index (χ3v) is 5.58. The molecule has 3 rings (SSSR count). The number of benzene rings is 2. The molecule has 1 heterocycles. The third kappa shape index (κ3) is 4.31. The minimum atomic E-state index is -3.73. The zero-order valence-corrected chi connectivity index (χ0v) is 15.5. The fourth-order valence-corrected chi connectivity index (χ4v) is 3.79. The SMILES string of the molecule is COc1ccc(CC2=S=C(Nc3ccc(S(N)(=O)=O)cc3)NC2=O)cc1. The highest BCUT2D eigenvalue weighted by Gasteiger charge is 2.18. The predicted molar refractivity (Wildman–Crippen MR) is 104 cm³/mol. The summed E-state index contributed by atoms with van der Waals surface area (Å²) in [5, 5.41) is 11.5. The Morgan fingerprint density at radius 1 is 1.12 bits per heavy atom. The van der Waals surface area contributed by atoms with Crippen LogP contribution in [0.15, 0.2) is 53.4 Å². The minimum Gasteiger partial charge on any atom is -0.497 e. The highest BCUT2D eigenvalue weighted by molar-refractivity contribution is 8.00. The van der Waals surface area contributed by atoms with E-state index in [0.29, 0.717) is 22.1 Å². The van der Waals surface area contributed by atoms with Gasteiger partial charge in [-0.15, -0.1) is 0 Å². The predicted octanol–water partition coefficient (Wildman–Crippen LogP) is 1.12. The Labute approximate surface area is 154 Å². The summed E-state index contributed by atoms with van der Waals surface area (Å²) in [4.78, 5) is 12.8. The van der Waals surface area contributed by atoms with Crippen LogP contribution in [0.1, 0.15) is 5.56 Å². The van der Waals surface area contributed by atoms with Crippen molar-refractivity contribution in [2.45, 2.75) is 11.3 Å². The number of carbonyl (C=O) groups excluding carboxylic acids is 1. The summed E-state index contributed by atoms with van der Waals surface area (Å²) >= 11 is 0. The molecule has 4 N–H and O–H groups in total. The fourth-order valence-electron chi connectivity index (χ4n) is 2.33. The molecule has 0 spiro atoms. The molecule has 0 unspecified atom stereocenters. The molecular weight excluding hydrogens is 374 g/mol. The molecular formula is C17H17N3O4S2. The molecule has 0 aromatic heterocycles. The van der Waals surface area contributed by atoms with Gasteiger partial charge in [-0.05, 0) is 42.0 Å². The lowest BCUT2D eigenvalue weighted by Crippen LogP contribution is -2.34. The van der Waals surface area contributed by atoms with Crippen molar-refractivity contribution in [3.63, 3.8) is 0 Å². The summed E-state index contributed by atoms with van der Waals surface area (Å²) < 4.78 is 27.7. The van der Waals surface area contributed by atoms with E-state index in [1.165, 1.54) is 23.1 Å². The number of anilines is 1. The van der Waals surface area contributed by atoms with Crippen LogP contribution in [0.3, 0.4) is 0 Å². The molecule has 0 radical (unpaired) electrons. The maximum atomic E-state index is 12.1. The first-order valence-electron chi connectivity index (χ1n) is 7.60. The van der Waals surface area contributed by atoms with Crippen molar-refractivity contribution < 1.29 is 17.9 Å². The first-order chi connectivity index (χ1) is 12.3. The second kappa shape index (κ2) is 7.32. The van der Waals surface area contributed by atoms with Gasteiger partial charge in [-0.25, -0.2) is 13.6 Å². The second-order valence-electron chi connectivity index (χ2n) is 5.53. The van der Waals surface area contributed by atoms with Gasteiger partial charge in [-0.3, -0.25) is 10.1 Å². The molecule has 9 heteroatoms. The Balaban J connectivity index is 1.75. The number of nitrogens with one attached hydrogen (secondary N) is 2. The summed E-state index contributed by atoms with van der Waals surface area (Å²) in [7, 11) is -0.808. The van der Waals surface area contributed by atoms with Crippen LogP contribution in [0.5, 0.6) is 5.75 Å². The minimum absolute atomic E-state index is 0.0305. The number of sulfonamides is 1. The highest BCUT2D eigenvalue weighted by atomic mass is 32.2. The number of ether oxygens (including phenoxy) is 1. The number of rotatable bonds is 5. The van der Waals surface area contributed by atoms with E-state index in [-0.39, 0.29) is 10.8 Å². The second-order valence-corrected chi connectivity index (χ2v) is 8.19. The molecule has 1 aliphatic rings. The molecule has 1 amide bonds. The van der Waals surface area contributed by atoms with Crippen LogP contribution in [-0.4, -0.2) is 31.4 Å². The Morgan fingerprint density at radius 2 is 1.77 bits per heavy atom. The van der Waals surface area contributed by atoms with Gasteiger partial charge in [0.2, 0.25) is 10.0 Å². The largest absolute Gasteiger partial charge is 0.497 e. The number of nitrogens with two attached hydrogens (primary N) is 1. The maximum absolute atomic E-state index is 12.1. The van der Waals surface area contributed by atoms with Gasteiger partial charge in [0.1, 0.15) is 5.75 Å². The Morgan fingerprint density at radius 3 is 2.35 bits per heavy atom. The molecule has 2 aromatic rings. The lowest BCUT2D eigenvalue weighted by Gasteiger charge is -2.07. The Bertz CT molecular complexity index is 1010. The van der Waals surface area contributed by atoms with Crippen LogP contribution < -0.4 is 20.5 Å². The van der Waals surface area contributed by atoms with E-state index in [4.69, 9.17) is 9.88 Å². The average molecular weight is 391 g/mol. The van der Waals surface area contributed by atoms with Gasteiger partial charge < -0.3 is 10.1 Å². The van der Waals surface area contributed by atoms with Crippen LogP contribution in [0, 0.1) is 0 Å². The molecule has 2 aromatic carbocycles. The molecule has 136 valence electrons. The Kier molecular flexibility index (Phi) is 5.12. The quantitative estimate of drug-likeness (QED) is 0.662. The third-order valence-electron chi connectivity index (χ3n) is 3.67. The number of carbonyl (C=O) groups is 1. The van der Waals surface area contributed by atoms with E-state index in [9.17, 15) is 13.2 Å². The van der Waals surface area contributed by atoms with Crippen LogP contribution >= 0.6 is 10.9 Å². The number of hydrogen-bond acceptors (Lipinski definition) is 5. The molecule has 26 heavy (non-hydrogen) atoms. The van der Waals surface area contributed by atoms with Crippen molar-refractivity contribution in [2.24, 2.45) is 5.14 Å². The molecule has 0 bridgehead atoms. The van der Waals surface area contributed by atoms with E-state index < -0.39 is 10.0 Å². The monoisotopic (exact) mass is 391 g/mol. The molecule has 0 fully saturated rings. The Hall–Kier alpha value is -2.62. The van der Waals surface area contributed by atoms with Gasteiger partial charge in [0.15, 0.2) is 5.11 Å². The van der Waals surface area contributed by atoms with Crippen LogP contribution in [0.25, 0.3) is 0 Å². The molecule has 1 aliphatic heterocycles. The summed E-state index contributed by atoms with van der Waals surface area (Å²) in [6.45, 7) is 0. The van der Waals surface area contributed by atoms with E-state index in [1.54, 1.807) is 19.2 Å². The van der Waals surface area contributed by atoms with Crippen molar-refractivity contribution in [1.82, 2.24) is 5.32 Å². The van der Waals surface area contributed by atoms with E-state index >= 15 is 0 Å². The summed E-state index contributed by atoms with van der Waals surface area (Å²) in [5.74, 6) is 0.605. The smallest absolute Gasteiger partial charge is 0.263 e. The number of methoxy groups -OCH3 is 1. The van der Waals surface area contributed by atoms with Crippen LogP contribution in [0.2, 0.25) is 0 Å². The van der Waals surface area contributed by atoms with Crippen molar-refractivity contribution in [1.29, 1.82) is 0 Å². The van der Waals surface area contributed by atoms with Crippen LogP contribution in [0.4, 0.5) is 5.69 Å². The summed E-state index contributed by atoms with van der Waals surface area (Å²) in [6.07, 6.45) is 0.510. The van der Waals surface area contributed by atoms with Gasteiger partial charge in [0, 0.05) is 12.1 Å². The highest BCUT2D eigenvalue weighted by Crippen LogP contribution is 2.15. The van der Waals surface area contributed by atoms with Crippen molar-refractivity contribution in [3.05, 3.63) is 54.1 Å². The van der Waals surface area contributed by atoms with Crippen molar-refractivity contribution in [3.8, 4) is 5.75 Å². The van der Waals surface area contributed by atoms with Crippen LogP contribution in [-0.2, 0) is 21.2 Å². The van der Waals surface area contributed by atoms with Gasteiger partial charge in [-0.2, -0.15) is 0 Å². The zero-order valence-electron chi connectivity index (χ0n) is 13.9. The van der Waals surface area contributed by atoms with Crippen molar-refractivity contribution in [2.75, 3.05) is 12.4 Å². The molecule has 0 atom stereocenters.